The molecule has 0 aromatic carbocycles. The highest BCUT2D eigenvalue weighted by atomic mass is 16.5. The maximum Gasteiger partial charge on any atom is 0.288 e. The number of ether oxygens (including phenoxy) is 2. The molecule has 2 amide bonds. The van der Waals surface area contributed by atoms with Gasteiger partial charge in [-0.25, -0.2) is 5.53 Å². The average Bonchev–Trinajstić information content (AvgIpc) is 2.61. The van der Waals surface area contributed by atoms with Gasteiger partial charge < -0.3 is 14.8 Å². The largest absolute Gasteiger partial charge is 0.379 e. The Morgan fingerprint density at radius 2 is 1.65 bits per heavy atom. The van der Waals surface area contributed by atoms with Crippen molar-refractivity contribution in [2.75, 3.05) is 33.0 Å². The Morgan fingerprint density at radius 1 is 1.00 bits per heavy atom. The number of carbonyl (C=O) groups excluding carboxylic acids is 3. The van der Waals surface area contributed by atoms with Crippen LogP contribution in [0.15, 0.2) is 10.3 Å². The van der Waals surface area contributed by atoms with Crippen molar-refractivity contribution in [2.24, 2.45) is 10.3 Å². The van der Waals surface area contributed by atoms with E-state index in [1.165, 1.54) is 6.92 Å². The van der Waals surface area contributed by atoms with Crippen LogP contribution in [0.1, 0.15) is 45.4 Å². The summed E-state index contributed by atoms with van der Waals surface area (Å²) >= 11 is 0. The predicted octanol–water partition coefficient (Wildman–Crippen LogP) is 1.76. The Balaban J connectivity index is 4.16. The molecule has 0 aliphatic heterocycles. The molecule has 2 N–H and O–H groups in total. The highest BCUT2D eigenvalue weighted by Gasteiger charge is 2.13. The quantitative estimate of drug-likeness (QED) is 0.226. The molecule has 10 nitrogen and oxygen atoms in total. The molecule has 0 aliphatic rings. The summed E-state index contributed by atoms with van der Waals surface area (Å²) in [5.74, 6) is -0.925. The molecule has 1 unspecified atom stereocenters. The lowest BCUT2D eigenvalue weighted by molar-refractivity contribution is -0.124. The van der Waals surface area contributed by atoms with E-state index in [4.69, 9.17) is 15.0 Å². The summed E-state index contributed by atoms with van der Waals surface area (Å²) < 4.78 is 10.7. The fraction of sp³-hybridized carbons (Fsp3) is 0.812. The number of hydrogen-bond donors (Lipinski definition) is 2. The first kappa shape index (κ1) is 23.9. The van der Waals surface area contributed by atoms with Crippen LogP contribution in [0, 0.1) is 10.4 Å². The van der Waals surface area contributed by atoms with Gasteiger partial charge in [-0.2, -0.15) is 5.11 Å². The smallest absolute Gasteiger partial charge is 0.288 e. The molecule has 0 heterocycles. The van der Waals surface area contributed by atoms with E-state index in [1.807, 2.05) is 0 Å². The lowest BCUT2D eigenvalue weighted by Crippen LogP contribution is -2.41. The highest BCUT2D eigenvalue weighted by Crippen LogP contribution is 2.01. The maximum absolute atomic E-state index is 12.0. The fourth-order valence-electron chi connectivity index (χ4n) is 1.96. The second-order valence-corrected chi connectivity index (χ2v) is 5.79. The van der Waals surface area contributed by atoms with Crippen molar-refractivity contribution in [2.45, 2.75) is 51.5 Å². The number of nitroso groups, excluding NO2 is 1. The Labute approximate surface area is 152 Å². The van der Waals surface area contributed by atoms with E-state index in [1.54, 1.807) is 0 Å². The van der Waals surface area contributed by atoms with E-state index in [0.717, 1.165) is 12.8 Å². The number of ketones is 1. The summed E-state index contributed by atoms with van der Waals surface area (Å²) in [7, 11) is 0. The molecule has 0 saturated heterocycles. The number of rotatable bonds is 17. The molecule has 0 aromatic rings. The number of nitrogens with zero attached hydrogens (tertiary/aromatic N) is 2. The molecule has 0 fully saturated rings. The monoisotopic (exact) mass is 372 g/mol. The number of carbonyl (C=O) groups is 3. The molecule has 0 radical (unpaired) electrons. The van der Waals surface area contributed by atoms with Crippen LogP contribution in [0.5, 0.6) is 0 Å². The van der Waals surface area contributed by atoms with Crippen molar-refractivity contribution < 1.29 is 23.9 Å². The van der Waals surface area contributed by atoms with Crippen LogP contribution in [0.2, 0.25) is 0 Å². The standard InChI is InChI=1S/C16H28N4O6/c1-13(21)6-9-25-11-14(12-26-10-7-16(23)20-24)19-15(22)5-3-2-4-8-18-17/h14,17H,2-12H2,1H3,(H,19,22). The minimum Gasteiger partial charge on any atom is -0.379 e. The van der Waals surface area contributed by atoms with Gasteiger partial charge in [-0.05, 0) is 19.8 Å². The second kappa shape index (κ2) is 16.4. The lowest BCUT2D eigenvalue weighted by atomic mass is 10.2. The van der Waals surface area contributed by atoms with E-state index >= 15 is 0 Å². The highest BCUT2D eigenvalue weighted by molar-refractivity contribution is 5.77. The Kier molecular flexibility index (Phi) is 15.1. The molecular formula is C16H28N4O6. The minimum absolute atomic E-state index is 0.0149. The van der Waals surface area contributed by atoms with Gasteiger partial charge in [0.2, 0.25) is 5.91 Å². The normalized spacial score (nSPS) is 11.6. The van der Waals surface area contributed by atoms with E-state index in [9.17, 15) is 19.3 Å². The van der Waals surface area contributed by atoms with Gasteiger partial charge in [0.15, 0.2) is 0 Å². The third-order valence-corrected chi connectivity index (χ3v) is 3.34. The molecule has 26 heavy (non-hydrogen) atoms. The number of hydrogen-bond acceptors (Lipinski definition) is 8. The summed E-state index contributed by atoms with van der Waals surface area (Å²) in [6.45, 7) is 2.52. The number of nitrogens with one attached hydrogen (secondary N) is 2. The van der Waals surface area contributed by atoms with Crippen molar-refractivity contribution in [3.63, 3.8) is 0 Å². The summed E-state index contributed by atoms with van der Waals surface area (Å²) in [6.07, 6.45) is 2.80. The zero-order valence-corrected chi connectivity index (χ0v) is 15.2. The van der Waals surface area contributed by atoms with Gasteiger partial charge in [-0.3, -0.25) is 14.4 Å². The topological polar surface area (TPSA) is 147 Å². The molecule has 0 aromatic heterocycles. The van der Waals surface area contributed by atoms with Crippen molar-refractivity contribution in [3.05, 3.63) is 4.91 Å². The maximum atomic E-state index is 12.0. The molecular weight excluding hydrogens is 344 g/mol. The summed E-state index contributed by atoms with van der Waals surface area (Å²) in [6, 6.07) is -0.419. The van der Waals surface area contributed by atoms with E-state index in [0.29, 0.717) is 25.8 Å². The van der Waals surface area contributed by atoms with Gasteiger partial charge in [0.1, 0.15) is 5.78 Å². The van der Waals surface area contributed by atoms with Crippen LogP contribution in [0.25, 0.3) is 0 Å². The SMILES string of the molecule is CC(=O)CCOCC(COCCC(=O)N=O)NC(=O)CCCCCN=N. The Bertz CT molecular complexity index is 458. The second-order valence-electron chi connectivity index (χ2n) is 5.79. The summed E-state index contributed by atoms with van der Waals surface area (Å²) in [4.78, 5) is 43.7. The predicted molar refractivity (Wildman–Crippen MR) is 92.8 cm³/mol. The van der Waals surface area contributed by atoms with Crippen molar-refractivity contribution in [3.8, 4) is 0 Å². The van der Waals surface area contributed by atoms with Gasteiger partial charge in [-0.15, -0.1) is 4.91 Å². The van der Waals surface area contributed by atoms with Crippen molar-refractivity contribution >= 4 is 17.6 Å². The molecule has 1 atom stereocenters. The van der Waals surface area contributed by atoms with Crippen LogP contribution >= 0.6 is 0 Å². The molecule has 0 spiro atoms. The van der Waals surface area contributed by atoms with Crippen LogP contribution in [-0.4, -0.2) is 56.6 Å². The van der Waals surface area contributed by atoms with Gasteiger partial charge in [0.05, 0.1) is 45.4 Å². The third-order valence-electron chi connectivity index (χ3n) is 3.34. The molecule has 0 rings (SSSR count). The molecule has 0 saturated carbocycles. The zero-order valence-electron chi connectivity index (χ0n) is 15.2. The Hall–Kier alpha value is -2.07. The number of Topliss-reactive ketones (excluding diaryl/α,β-unsaturated/α-hetero) is 1. The first-order chi connectivity index (χ1) is 12.5. The van der Waals surface area contributed by atoms with E-state index in [2.05, 4.69) is 15.6 Å². The summed E-state index contributed by atoms with van der Waals surface area (Å²) in [5.41, 5.74) is 6.69. The third kappa shape index (κ3) is 15.5. The van der Waals surface area contributed by atoms with Gasteiger partial charge >= 0.3 is 0 Å². The number of amides is 2. The van der Waals surface area contributed by atoms with Crippen LogP contribution in [0.3, 0.4) is 0 Å². The average molecular weight is 372 g/mol. The van der Waals surface area contributed by atoms with E-state index in [-0.39, 0.29) is 44.5 Å². The summed E-state index contributed by atoms with van der Waals surface area (Å²) in [5, 5.41) is 8.32. The van der Waals surface area contributed by atoms with Crippen molar-refractivity contribution in [1.29, 1.82) is 5.53 Å². The van der Waals surface area contributed by atoms with Gasteiger partial charge in [0, 0.05) is 18.0 Å². The lowest BCUT2D eigenvalue weighted by Gasteiger charge is -2.19. The molecule has 148 valence electrons. The molecule has 0 bridgehead atoms. The van der Waals surface area contributed by atoms with Crippen LogP contribution in [-0.2, 0) is 23.9 Å². The first-order valence-electron chi connectivity index (χ1n) is 8.63. The van der Waals surface area contributed by atoms with Gasteiger partial charge in [0.25, 0.3) is 5.91 Å². The molecule has 10 heteroatoms. The van der Waals surface area contributed by atoms with Gasteiger partial charge in [-0.1, -0.05) is 6.42 Å². The van der Waals surface area contributed by atoms with Crippen molar-refractivity contribution in [1.82, 2.24) is 5.32 Å². The minimum atomic E-state index is -0.789. The number of unbranched alkanes of at least 4 members (excludes halogenated alkanes) is 2. The fourth-order valence-corrected chi connectivity index (χ4v) is 1.96. The van der Waals surface area contributed by atoms with Crippen LogP contribution in [0.4, 0.5) is 0 Å². The van der Waals surface area contributed by atoms with Crippen LogP contribution < -0.4 is 5.32 Å². The van der Waals surface area contributed by atoms with E-state index < -0.39 is 11.9 Å². The Morgan fingerprint density at radius 3 is 2.23 bits per heavy atom. The molecule has 0 aliphatic carbocycles. The first-order valence-corrected chi connectivity index (χ1v) is 8.63. The zero-order chi connectivity index (χ0) is 19.6.